The van der Waals surface area contributed by atoms with Gasteiger partial charge in [-0.25, -0.2) is 0 Å². The Bertz CT molecular complexity index is 260. The quantitative estimate of drug-likeness (QED) is 0.843. The average molecular weight is 261 g/mol. The van der Waals surface area contributed by atoms with Gasteiger partial charge in [-0.1, -0.05) is 13.8 Å². The largest absolute Gasteiger partial charge is 0.342 e. The van der Waals surface area contributed by atoms with Gasteiger partial charge in [-0.05, 0) is 37.6 Å². The van der Waals surface area contributed by atoms with Crippen LogP contribution in [0.15, 0.2) is 0 Å². The third-order valence-corrected chi connectivity index (χ3v) is 4.66. The minimum Gasteiger partial charge on any atom is -0.342 e. The number of carbonyl (C=O) groups excluding carboxylic acids is 1. The lowest BCUT2D eigenvalue weighted by atomic mass is 9.82. The third kappa shape index (κ3) is 2.94. The number of halogens is 1. The Morgan fingerprint density at radius 2 is 2.12 bits per heavy atom. The second-order valence-electron chi connectivity index (χ2n) is 5.41. The molecular weight excluding hydrogens is 236 g/mol. The van der Waals surface area contributed by atoms with Crippen LogP contribution in [0.25, 0.3) is 0 Å². The van der Waals surface area contributed by atoms with Crippen LogP contribution in [-0.4, -0.2) is 37.0 Å². The summed E-state index contributed by atoms with van der Waals surface area (Å²) in [6, 6.07) is 0. The third-order valence-electron chi connectivity index (χ3n) is 4.66. The first-order valence-electron chi connectivity index (χ1n) is 6.70. The SMILES string of the molecule is CCC1(CC)CCN(C(=O)C2CCNC2)C1.Cl. The number of likely N-dealkylation sites (tertiary alicyclic amines) is 1. The molecule has 1 N–H and O–H groups in total. The Labute approximate surface area is 111 Å². The summed E-state index contributed by atoms with van der Waals surface area (Å²) in [5.41, 5.74) is 0.418. The summed E-state index contributed by atoms with van der Waals surface area (Å²) in [7, 11) is 0. The van der Waals surface area contributed by atoms with Gasteiger partial charge in [-0.3, -0.25) is 4.79 Å². The molecule has 100 valence electrons. The van der Waals surface area contributed by atoms with Crippen molar-refractivity contribution in [2.75, 3.05) is 26.2 Å². The van der Waals surface area contributed by atoms with Crippen molar-refractivity contribution in [3.05, 3.63) is 0 Å². The predicted molar refractivity (Wildman–Crippen MR) is 72.4 cm³/mol. The van der Waals surface area contributed by atoms with Gasteiger partial charge >= 0.3 is 0 Å². The van der Waals surface area contributed by atoms with Crippen LogP contribution < -0.4 is 5.32 Å². The highest BCUT2D eigenvalue weighted by atomic mass is 35.5. The smallest absolute Gasteiger partial charge is 0.227 e. The Balaban J connectivity index is 0.00000144. The Kier molecular flexibility index (Phi) is 5.26. The van der Waals surface area contributed by atoms with Crippen molar-refractivity contribution in [3.8, 4) is 0 Å². The van der Waals surface area contributed by atoms with Crippen molar-refractivity contribution in [2.24, 2.45) is 11.3 Å². The normalized spacial score (nSPS) is 26.9. The van der Waals surface area contributed by atoms with Crippen LogP contribution >= 0.6 is 12.4 Å². The molecule has 2 aliphatic heterocycles. The molecule has 4 heteroatoms. The van der Waals surface area contributed by atoms with E-state index in [2.05, 4.69) is 24.1 Å². The molecule has 2 heterocycles. The van der Waals surface area contributed by atoms with Crippen LogP contribution in [0.4, 0.5) is 0 Å². The van der Waals surface area contributed by atoms with E-state index in [-0.39, 0.29) is 18.3 Å². The molecule has 0 aromatic heterocycles. The highest BCUT2D eigenvalue weighted by Crippen LogP contribution is 2.37. The maximum atomic E-state index is 12.3. The summed E-state index contributed by atoms with van der Waals surface area (Å²) in [6.07, 6.45) is 4.64. The molecule has 0 aliphatic carbocycles. The number of hydrogen-bond donors (Lipinski definition) is 1. The lowest BCUT2D eigenvalue weighted by Crippen LogP contribution is -2.37. The predicted octanol–water partition coefficient (Wildman–Crippen LogP) is 2.06. The van der Waals surface area contributed by atoms with E-state index in [4.69, 9.17) is 0 Å². The van der Waals surface area contributed by atoms with Gasteiger partial charge in [-0.2, -0.15) is 0 Å². The second-order valence-corrected chi connectivity index (χ2v) is 5.41. The van der Waals surface area contributed by atoms with E-state index in [0.29, 0.717) is 11.3 Å². The number of nitrogens with zero attached hydrogens (tertiary/aromatic N) is 1. The van der Waals surface area contributed by atoms with E-state index < -0.39 is 0 Å². The molecule has 0 bridgehead atoms. The van der Waals surface area contributed by atoms with E-state index in [9.17, 15) is 4.79 Å². The summed E-state index contributed by atoms with van der Waals surface area (Å²) in [5, 5.41) is 3.28. The Morgan fingerprint density at radius 1 is 1.41 bits per heavy atom. The summed E-state index contributed by atoms with van der Waals surface area (Å²) in [4.78, 5) is 14.4. The zero-order valence-electron chi connectivity index (χ0n) is 11.0. The molecule has 0 aromatic rings. The van der Waals surface area contributed by atoms with Gasteiger partial charge in [0, 0.05) is 19.6 Å². The van der Waals surface area contributed by atoms with Crippen molar-refractivity contribution < 1.29 is 4.79 Å². The molecule has 1 unspecified atom stereocenters. The Hall–Kier alpha value is -0.280. The Morgan fingerprint density at radius 3 is 2.59 bits per heavy atom. The van der Waals surface area contributed by atoms with Gasteiger partial charge in [0.2, 0.25) is 5.91 Å². The van der Waals surface area contributed by atoms with Crippen LogP contribution in [0.2, 0.25) is 0 Å². The number of hydrogen-bond acceptors (Lipinski definition) is 2. The summed E-state index contributed by atoms with van der Waals surface area (Å²) in [5.74, 6) is 0.651. The van der Waals surface area contributed by atoms with Gasteiger partial charge in [-0.15, -0.1) is 12.4 Å². The monoisotopic (exact) mass is 260 g/mol. The molecular formula is C13H25ClN2O. The molecule has 1 atom stereocenters. The second kappa shape index (κ2) is 6.05. The molecule has 1 amide bonds. The standard InChI is InChI=1S/C13H24N2O.ClH/c1-3-13(4-2)6-8-15(10-13)12(16)11-5-7-14-9-11;/h11,14H,3-10H2,1-2H3;1H. The molecule has 0 radical (unpaired) electrons. The number of nitrogens with one attached hydrogen (secondary N) is 1. The molecule has 0 aromatic carbocycles. The summed E-state index contributed by atoms with van der Waals surface area (Å²) < 4.78 is 0. The molecule has 0 saturated carbocycles. The van der Waals surface area contributed by atoms with Crippen LogP contribution in [0.3, 0.4) is 0 Å². The van der Waals surface area contributed by atoms with E-state index in [1.165, 1.54) is 19.3 Å². The van der Waals surface area contributed by atoms with Crippen molar-refractivity contribution in [1.82, 2.24) is 10.2 Å². The summed E-state index contributed by atoms with van der Waals surface area (Å²) >= 11 is 0. The number of amides is 1. The summed E-state index contributed by atoms with van der Waals surface area (Å²) in [6.45, 7) is 8.40. The van der Waals surface area contributed by atoms with Gasteiger partial charge in [0.25, 0.3) is 0 Å². The van der Waals surface area contributed by atoms with Gasteiger partial charge < -0.3 is 10.2 Å². The highest BCUT2D eigenvalue weighted by molar-refractivity contribution is 5.85. The van der Waals surface area contributed by atoms with Gasteiger partial charge in [0.15, 0.2) is 0 Å². The zero-order valence-corrected chi connectivity index (χ0v) is 11.8. The van der Waals surface area contributed by atoms with Crippen LogP contribution in [0.5, 0.6) is 0 Å². The van der Waals surface area contributed by atoms with E-state index >= 15 is 0 Å². The van der Waals surface area contributed by atoms with Crippen molar-refractivity contribution in [3.63, 3.8) is 0 Å². The molecule has 17 heavy (non-hydrogen) atoms. The van der Waals surface area contributed by atoms with Gasteiger partial charge in [0.1, 0.15) is 0 Å². The van der Waals surface area contributed by atoms with Crippen molar-refractivity contribution in [2.45, 2.75) is 39.5 Å². The first-order chi connectivity index (χ1) is 7.71. The number of rotatable bonds is 3. The fourth-order valence-electron chi connectivity index (χ4n) is 3.07. The van der Waals surface area contributed by atoms with Crippen molar-refractivity contribution in [1.29, 1.82) is 0 Å². The van der Waals surface area contributed by atoms with Crippen LogP contribution in [0.1, 0.15) is 39.5 Å². The minimum atomic E-state index is 0. The minimum absolute atomic E-state index is 0. The van der Waals surface area contributed by atoms with Crippen LogP contribution in [0, 0.1) is 11.3 Å². The topological polar surface area (TPSA) is 32.3 Å². The first kappa shape index (κ1) is 14.8. The fraction of sp³-hybridized carbons (Fsp3) is 0.923. The lowest BCUT2D eigenvalue weighted by Gasteiger charge is -2.27. The fourth-order valence-corrected chi connectivity index (χ4v) is 3.07. The van der Waals surface area contributed by atoms with Gasteiger partial charge in [0.05, 0.1) is 5.92 Å². The molecule has 2 rings (SSSR count). The molecule has 2 saturated heterocycles. The van der Waals surface area contributed by atoms with Crippen molar-refractivity contribution >= 4 is 18.3 Å². The first-order valence-corrected chi connectivity index (χ1v) is 6.70. The molecule has 2 aliphatic rings. The molecule has 3 nitrogen and oxygen atoms in total. The maximum Gasteiger partial charge on any atom is 0.227 e. The van der Waals surface area contributed by atoms with Crippen LogP contribution in [-0.2, 0) is 4.79 Å². The van der Waals surface area contributed by atoms with E-state index in [0.717, 1.165) is 32.6 Å². The maximum absolute atomic E-state index is 12.3. The van der Waals surface area contributed by atoms with E-state index in [1.807, 2.05) is 0 Å². The number of carbonyl (C=O) groups is 1. The zero-order chi connectivity index (χ0) is 11.6. The van der Waals surface area contributed by atoms with E-state index in [1.54, 1.807) is 0 Å². The molecule has 2 fully saturated rings. The molecule has 0 spiro atoms. The lowest BCUT2D eigenvalue weighted by molar-refractivity contribution is -0.134. The average Bonchev–Trinajstić information content (AvgIpc) is 2.98. The highest BCUT2D eigenvalue weighted by Gasteiger charge is 2.39.